The number of halogens is 1. The van der Waals surface area contributed by atoms with Crippen molar-refractivity contribution in [1.82, 2.24) is 4.90 Å². The average molecular weight is 240 g/mol. The molecule has 1 N–H and O–H groups in total. The molecule has 1 aliphatic heterocycles. The number of hydrogen-bond acceptors (Lipinski definition) is 2. The minimum Gasteiger partial charge on any atom is -0.395 e. The lowest BCUT2D eigenvalue weighted by Crippen LogP contribution is -2.41. The Hall–Kier alpha value is -0.570. The molecule has 0 radical (unpaired) electrons. The molecular formula is C13H18ClNO. The molecule has 1 atom stereocenters. The summed E-state index contributed by atoms with van der Waals surface area (Å²) in [5.41, 5.74) is 1.16. The highest BCUT2D eigenvalue weighted by Crippen LogP contribution is 2.22. The maximum atomic E-state index is 9.33. The smallest absolute Gasteiger partial charge is 0.0586 e. The summed E-state index contributed by atoms with van der Waals surface area (Å²) in [6.07, 6.45) is 3.55. The molecule has 0 aliphatic carbocycles. The van der Waals surface area contributed by atoms with Gasteiger partial charge in [0, 0.05) is 17.6 Å². The quantitative estimate of drug-likeness (QED) is 0.877. The predicted molar refractivity (Wildman–Crippen MR) is 66.6 cm³/mol. The van der Waals surface area contributed by atoms with Crippen LogP contribution in [0.4, 0.5) is 0 Å². The van der Waals surface area contributed by atoms with E-state index >= 15 is 0 Å². The summed E-state index contributed by atoms with van der Waals surface area (Å²) in [6.45, 7) is 2.17. The molecule has 16 heavy (non-hydrogen) atoms. The SMILES string of the molecule is OC[C@H]1CCCCN1Cc1ccccc1Cl. The van der Waals surface area contributed by atoms with Crippen LogP contribution in [0, 0.1) is 0 Å². The van der Waals surface area contributed by atoms with Crippen LogP contribution in [0.25, 0.3) is 0 Å². The van der Waals surface area contributed by atoms with Crippen LogP contribution in [-0.4, -0.2) is 29.2 Å². The fraction of sp³-hybridized carbons (Fsp3) is 0.538. The van der Waals surface area contributed by atoms with Crippen LogP contribution in [0.5, 0.6) is 0 Å². The Kier molecular flexibility index (Phi) is 4.22. The first-order chi connectivity index (χ1) is 7.81. The molecular weight excluding hydrogens is 222 g/mol. The van der Waals surface area contributed by atoms with Crippen molar-refractivity contribution in [2.24, 2.45) is 0 Å². The van der Waals surface area contributed by atoms with Crippen LogP contribution in [-0.2, 0) is 6.54 Å². The van der Waals surface area contributed by atoms with Crippen molar-refractivity contribution in [3.05, 3.63) is 34.9 Å². The molecule has 0 saturated carbocycles. The lowest BCUT2D eigenvalue weighted by Gasteiger charge is -2.34. The van der Waals surface area contributed by atoms with E-state index in [1.165, 1.54) is 12.8 Å². The molecule has 1 aromatic rings. The summed E-state index contributed by atoms with van der Waals surface area (Å²) in [4.78, 5) is 2.34. The Morgan fingerprint density at radius 3 is 2.88 bits per heavy atom. The first-order valence-electron chi connectivity index (χ1n) is 5.89. The third-order valence-corrected chi connectivity index (χ3v) is 3.66. The molecule has 0 bridgehead atoms. The third kappa shape index (κ3) is 2.76. The van der Waals surface area contributed by atoms with Gasteiger partial charge in [-0.15, -0.1) is 0 Å². The van der Waals surface area contributed by atoms with Gasteiger partial charge in [0.1, 0.15) is 0 Å². The third-order valence-electron chi connectivity index (χ3n) is 3.29. The molecule has 3 heteroatoms. The summed E-state index contributed by atoms with van der Waals surface area (Å²) >= 11 is 6.15. The highest BCUT2D eigenvalue weighted by atomic mass is 35.5. The van der Waals surface area contributed by atoms with Crippen molar-refractivity contribution < 1.29 is 5.11 Å². The van der Waals surface area contributed by atoms with Crippen molar-refractivity contribution in [3.8, 4) is 0 Å². The Morgan fingerprint density at radius 2 is 2.12 bits per heavy atom. The zero-order chi connectivity index (χ0) is 11.4. The van der Waals surface area contributed by atoms with Crippen molar-refractivity contribution in [2.45, 2.75) is 31.8 Å². The second kappa shape index (κ2) is 5.67. The number of likely N-dealkylation sites (tertiary alicyclic amines) is 1. The van der Waals surface area contributed by atoms with E-state index < -0.39 is 0 Å². The van der Waals surface area contributed by atoms with Crippen LogP contribution in [0.1, 0.15) is 24.8 Å². The van der Waals surface area contributed by atoms with E-state index in [9.17, 15) is 5.11 Å². The maximum absolute atomic E-state index is 9.33. The average Bonchev–Trinajstić information content (AvgIpc) is 2.33. The number of nitrogens with zero attached hydrogens (tertiary/aromatic N) is 1. The van der Waals surface area contributed by atoms with Crippen molar-refractivity contribution >= 4 is 11.6 Å². The lowest BCUT2D eigenvalue weighted by atomic mass is 10.0. The van der Waals surface area contributed by atoms with E-state index in [-0.39, 0.29) is 6.61 Å². The van der Waals surface area contributed by atoms with Crippen LogP contribution in [0.15, 0.2) is 24.3 Å². The van der Waals surface area contributed by atoms with Crippen LogP contribution < -0.4 is 0 Å². The number of benzene rings is 1. The van der Waals surface area contributed by atoms with Crippen LogP contribution >= 0.6 is 11.6 Å². The zero-order valence-corrected chi connectivity index (χ0v) is 10.2. The Labute approximate surface area is 102 Å². The van der Waals surface area contributed by atoms with E-state index in [2.05, 4.69) is 11.0 Å². The van der Waals surface area contributed by atoms with Gasteiger partial charge in [0.15, 0.2) is 0 Å². The highest BCUT2D eigenvalue weighted by Gasteiger charge is 2.21. The summed E-state index contributed by atoms with van der Waals surface area (Å²) in [5.74, 6) is 0. The highest BCUT2D eigenvalue weighted by molar-refractivity contribution is 6.31. The summed E-state index contributed by atoms with van der Waals surface area (Å²) < 4.78 is 0. The molecule has 1 saturated heterocycles. The van der Waals surface area contributed by atoms with Gasteiger partial charge in [-0.1, -0.05) is 36.2 Å². The molecule has 0 spiro atoms. The summed E-state index contributed by atoms with van der Waals surface area (Å²) in [6, 6.07) is 8.26. The van der Waals surface area contributed by atoms with Gasteiger partial charge >= 0.3 is 0 Å². The zero-order valence-electron chi connectivity index (χ0n) is 9.40. The molecule has 2 rings (SSSR count). The second-order valence-corrected chi connectivity index (χ2v) is 4.80. The van der Waals surface area contributed by atoms with Gasteiger partial charge < -0.3 is 5.11 Å². The lowest BCUT2D eigenvalue weighted by molar-refractivity contribution is 0.0841. The monoisotopic (exact) mass is 239 g/mol. The molecule has 1 heterocycles. The molecule has 1 aliphatic rings. The molecule has 2 nitrogen and oxygen atoms in total. The normalized spacial score (nSPS) is 22.2. The number of rotatable bonds is 3. The van der Waals surface area contributed by atoms with E-state index in [1.54, 1.807) is 0 Å². The molecule has 1 aromatic carbocycles. The summed E-state index contributed by atoms with van der Waals surface area (Å²) in [5, 5.41) is 10.2. The van der Waals surface area contributed by atoms with Crippen molar-refractivity contribution in [2.75, 3.05) is 13.2 Å². The van der Waals surface area contributed by atoms with Crippen molar-refractivity contribution in [3.63, 3.8) is 0 Å². The second-order valence-electron chi connectivity index (χ2n) is 4.39. The molecule has 88 valence electrons. The van der Waals surface area contributed by atoms with Crippen LogP contribution in [0.3, 0.4) is 0 Å². The van der Waals surface area contributed by atoms with E-state index in [4.69, 9.17) is 11.6 Å². The molecule has 0 unspecified atom stereocenters. The van der Waals surface area contributed by atoms with Gasteiger partial charge in [0.05, 0.1) is 6.61 Å². The van der Waals surface area contributed by atoms with Gasteiger partial charge in [0.25, 0.3) is 0 Å². The Morgan fingerprint density at radius 1 is 1.31 bits per heavy atom. The standard InChI is InChI=1S/C13H18ClNO/c14-13-7-2-1-5-11(13)9-15-8-4-3-6-12(15)10-16/h1-2,5,7,12,16H,3-4,6,8-10H2/t12-/m1/s1. The van der Waals surface area contributed by atoms with Gasteiger partial charge in [-0.3, -0.25) is 4.90 Å². The van der Waals surface area contributed by atoms with Crippen LogP contribution in [0.2, 0.25) is 5.02 Å². The largest absolute Gasteiger partial charge is 0.395 e. The summed E-state index contributed by atoms with van der Waals surface area (Å²) in [7, 11) is 0. The predicted octanol–water partition coefficient (Wildman–Crippen LogP) is 2.69. The molecule has 0 amide bonds. The molecule has 0 aromatic heterocycles. The fourth-order valence-corrected chi connectivity index (χ4v) is 2.52. The number of hydrogen-bond donors (Lipinski definition) is 1. The van der Waals surface area contributed by atoms with E-state index in [1.807, 2.05) is 18.2 Å². The first kappa shape index (κ1) is 11.9. The van der Waals surface area contributed by atoms with Gasteiger partial charge in [-0.2, -0.15) is 0 Å². The number of aliphatic hydroxyl groups is 1. The Bertz CT molecular complexity index is 342. The van der Waals surface area contributed by atoms with E-state index in [0.29, 0.717) is 6.04 Å². The van der Waals surface area contributed by atoms with Gasteiger partial charge in [-0.05, 0) is 31.0 Å². The topological polar surface area (TPSA) is 23.5 Å². The van der Waals surface area contributed by atoms with Crippen molar-refractivity contribution in [1.29, 1.82) is 0 Å². The fourth-order valence-electron chi connectivity index (χ4n) is 2.32. The molecule has 1 fully saturated rings. The van der Waals surface area contributed by atoms with E-state index in [0.717, 1.165) is 30.1 Å². The van der Waals surface area contributed by atoms with Gasteiger partial charge in [-0.25, -0.2) is 0 Å². The first-order valence-corrected chi connectivity index (χ1v) is 6.27. The number of aliphatic hydroxyl groups excluding tert-OH is 1. The maximum Gasteiger partial charge on any atom is 0.0586 e. The minimum absolute atomic E-state index is 0.254. The number of piperidine rings is 1. The van der Waals surface area contributed by atoms with Gasteiger partial charge in [0.2, 0.25) is 0 Å². The minimum atomic E-state index is 0.254. The Balaban J connectivity index is 2.05.